The Hall–Kier alpha value is -0.380. The van der Waals surface area contributed by atoms with Crippen LogP contribution in [-0.2, 0) is 14.1 Å². The maximum absolute atomic E-state index is 11.2. The summed E-state index contributed by atoms with van der Waals surface area (Å²) in [6, 6.07) is 0. The number of carbonyl (C=O) groups excluding carboxylic acids is 1. The second-order valence-electron chi connectivity index (χ2n) is 4.48. The summed E-state index contributed by atoms with van der Waals surface area (Å²) in [6.45, 7) is 7.57. The van der Waals surface area contributed by atoms with Crippen molar-refractivity contribution in [3.63, 3.8) is 0 Å². The minimum atomic E-state index is -4.45. The molecule has 0 fully saturated rings. The monoisotopic (exact) mass is 296 g/mol. The van der Waals surface area contributed by atoms with Crippen LogP contribution in [0.5, 0.6) is 0 Å². The Bertz CT molecular complexity index is 277. The highest BCUT2D eigenvalue weighted by molar-refractivity contribution is 7.54. The minimum Gasteiger partial charge on any atom is -0.468 e. The van der Waals surface area contributed by atoms with Crippen LogP contribution < -0.4 is 0 Å². The topological polar surface area (TPSA) is 83.8 Å². The van der Waals surface area contributed by atoms with E-state index in [1.807, 2.05) is 0 Å². The highest BCUT2D eigenvalue weighted by Crippen LogP contribution is 2.54. The molecule has 0 aliphatic heterocycles. The summed E-state index contributed by atoms with van der Waals surface area (Å²) in [5, 5.41) is -1.66. The fourth-order valence-corrected chi connectivity index (χ4v) is 2.91. The van der Waals surface area contributed by atoms with Crippen LogP contribution in [0.3, 0.4) is 0 Å². The summed E-state index contributed by atoms with van der Waals surface area (Å²) >= 11 is 0. The van der Waals surface area contributed by atoms with Crippen LogP contribution >= 0.6 is 7.60 Å². The molecule has 19 heavy (non-hydrogen) atoms. The molecule has 0 saturated heterocycles. The lowest BCUT2D eigenvalue weighted by atomic mass is 10.0. The van der Waals surface area contributed by atoms with Crippen LogP contribution in [0, 0.1) is 0 Å². The second-order valence-corrected chi connectivity index (χ2v) is 6.43. The van der Waals surface area contributed by atoms with Crippen LogP contribution in [0.4, 0.5) is 0 Å². The van der Waals surface area contributed by atoms with E-state index in [4.69, 9.17) is 9.79 Å². The van der Waals surface area contributed by atoms with Gasteiger partial charge in [0.2, 0.25) is 0 Å². The van der Waals surface area contributed by atoms with Crippen molar-refractivity contribution in [2.75, 3.05) is 7.11 Å². The summed E-state index contributed by atoms with van der Waals surface area (Å²) in [4.78, 5) is 29.3. The molecule has 0 saturated carbocycles. The van der Waals surface area contributed by atoms with Crippen molar-refractivity contribution in [1.29, 1.82) is 0 Å². The number of rotatable bonds is 7. The van der Waals surface area contributed by atoms with Gasteiger partial charge in [-0.2, -0.15) is 0 Å². The summed E-state index contributed by atoms with van der Waals surface area (Å²) in [5.41, 5.74) is 0. The first-order valence-corrected chi connectivity index (χ1v) is 8.52. The zero-order valence-electron chi connectivity index (χ0n) is 12.8. The average Bonchev–Trinajstić information content (AvgIpc) is 2.37. The lowest BCUT2D eigenvalue weighted by Crippen LogP contribution is -2.38. The maximum Gasteiger partial charge on any atom is 0.342 e. The van der Waals surface area contributed by atoms with Crippen molar-refractivity contribution in [3.05, 3.63) is 0 Å². The molecule has 0 atom stereocenters. The van der Waals surface area contributed by atoms with Crippen molar-refractivity contribution in [1.82, 2.24) is 0 Å². The predicted octanol–water partition coefficient (Wildman–Crippen LogP) is 3.48. The molecule has 0 heterocycles. The average molecular weight is 296 g/mol. The van der Waals surface area contributed by atoms with E-state index < -0.39 is 18.7 Å². The van der Waals surface area contributed by atoms with Gasteiger partial charge in [-0.25, -0.2) is 0 Å². The van der Waals surface area contributed by atoms with Gasteiger partial charge in [-0.05, 0) is 12.8 Å². The Morgan fingerprint density at radius 3 is 1.53 bits per heavy atom. The number of unbranched alkanes of at least 4 members (excludes halogenated alkanes) is 3. The van der Waals surface area contributed by atoms with Gasteiger partial charge in [-0.1, -0.05) is 53.4 Å². The molecule has 0 rings (SSSR count). The van der Waals surface area contributed by atoms with Gasteiger partial charge in [0.1, 0.15) is 0 Å². The van der Waals surface area contributed by atoms with E-state index in [0.29, 0.717) is 0 Å². The Morgan fingerprint density at radius 1 is 1.05 bits per heavy atom. The number of hydrogen-bond acceptors (Lipinski definition) is 3. The van der Waals surface area contributed by atoms with Crippen LogP contribution in [0.1, 0.15) is 66.2 Å². The molecule has 116 valence electrons. The van der Waals surface area contributed by atoms with Crippen LogP contribution in [0.15, 0.2) is 0 Å². The second kappa shape index (κ2) is 10.4. The molecule has 0 aliphatic carbocycles. The Labute approximate surface area is 116 Å². The Balaban J connectivity index is 0. The third-order valence-electron chi connectivity index (χ3n) is 3.25. The number of ether oxygens (including phenoxy) is 1. The number of hydrogen-bond donors (Lipinski definition) is 2. The standard InChI is InChI=1S/C7H15O5P.C6H14/c1-4-7(5-2,6(8)12-3)13(9,10)11;1-3-5-6-4-2/h4-5H2,1-3H3,(H2,9,10,11);3-6H2,1-2H3. The van der Waals surface area contributed by atoms with Crippen molar-refractivity contribution in [2.45, 2.75) is 71.4 Å². The smallest absolute Gasteiger partial charge is 0.342 e. The lowest BCUT2D eigenvalue weighted by Gasteiger charge is -2.28. The third-order valence-corrected chi connectivity index (χ3v) is 5.18. The van der Waals surface area contributed by atoms with Crippen LogP contribution in [0.25, 0.3) is 0 Å². The SMILES string of the molecule is CCC(CC)(C(=O)OC)P(=O)(O)O.CCCCCC. The number of carbonyl (C=O) groups is 1. The quantitative estimate of drug-likeness (QED) is 0.427. The molecule has 0 amide bonds. The number of methoxy groups -OCH3 is 1. The zero-order chi connectivity index (χ0) is 15.5. The van der Waals surface area contributed by atoms with Gasteiger partial charge < -0.3 is 14.5 Å². The highest BCUT2D eigenvalue weighted by Gasteiger charge is 2.51. The first-order valence-electron chi connectivity index (χ1n) is 6.91. The molecule has 0 aromatic rings. The molecule has 5 nitrogen and oxygen atoms in total. The minimum absolute atomic E-state index is 0.0699. The molecule has 0 aromatic carbocycles. The first-order chi connectivity index (χ1) is 8.77. The number of esters is 1. The van der Waals surface area contributed by atoms with Gasteiger partial charge in [0, 0.05) is 0 Å². The van der Waals surface area contributed by atoms with E-state index in [1.54, 1.807) is 13.8 Å². The van der Waals surface area contributed by atoms with E-state index in [9.17, 15) is 9.36 Å². The molecular weight excluding hydrogens is 267 g/mol. The van der Waals surface area contributed by atoms with Gasteiger partial charge in [0.05, 0.1) is 7.11 Å². The third kappa shape index (κ3) is 6.55. The summed E-state index contributed by atoms with van der Waals surface area (Å²) in [5.74, 6) is -0.842. The van der Waals surface area contributed by atoms with Gasteiger partial charge in [-0.15, -0.1) is 0 Å². The molecular formula is C13H29O5P. The fourth-order valence-electron chi connectivity index (χ4n) is 1.76. The summed E-state index contributed by atoms with van der Waals surface area (Å²) < 4.78 is 15.5. The molecule has 0 spiro atoms. The molecule has 2 N–H and O–H groups in total. The highest BCUT2D eigenvalue weighted by atomic mass is 31.2. The van der Waals surface area contributed by atoms with Gasteiger partial charge in [0.25, 0.3) is 0 Å². The lowest BCUT2D eigenvalue weighted by molar-refractivity contribution is -0.144. The Morgan fingerprint density at radius 2 is 1.42 bits per heavy atom. The van der Waals surface area contributed by atoms with E-state index in [0.717, 1.165) is 7.11 Å². The summed E-state index contributed by atoms with van der Waals surface area (Å²) in [6.07, 6.45) is 5.68. The van der Waals surface area contributed by atoms with Gasteiger partial charge in [0.15, 0.2) is 5.16 Å². The van der Waals surface area contributed by atoms with E-state index >= 15 is 0 Å². The van der Waals surface area contributed by atoms with E-state index in [2.05, 4.69) is 18.6 Å². The fraction of sp³-hybridized carbons (Fsp3) is 0.923. The molecule has 0 aliphatic rings. The van der Waals surface area contributed by atoms with Crippen LogP contribution in [-0.4, -0.2) is 28.0 Å². The van der Waals surface area contributed by atoms with Crippen molar-refractivity contribution in [3.8, 4) is 0 Å². The van der Waals surface area contributed by atoms with Gasteiger partial charge >= 0.3 is 13.6 Å². The summed E-state index contributed by atoms with van der Waals surface area (Å²) in [7, 11) is -3.33. The van der Waals surface area contributed by atoms with E-state index in [1.165, 1.54) is 25.7 Å². The maximum atomic E-state index is 11.2. The van der Waals surface area contributed by atoms with Crippen LogP contribution in [0.2, 0.25) is 0 Å². The van der Waals surface area contributed by atoms with Crippen molar-refractivity contribution >= 4 is 13.6 Å². The first kappa shape index (κ1) is 20.9. The largest absolute Gasteiger partial charge is 0.468 e. The molecule has 0 unspecified atom stereocenters. The Kier molecular flexibility index (Phi) is 11.5. The zero-order valence-corrected chi connectivity index (χ0v) is 13.7. The van der Waals surface area contributed by atoms with E-state index in [-0.39, 0.29) is 12.8 Å². The van der Waals surface area contributed by atoms with Crippen molar-refractivity contribution in [2.24, 2.45) is 0 Å². The molecule has 0 bridgehead atoms. The van der Waals surface area contributed by atoms with Crippen molar-refractivity contribution < 1.29 is 23.9 Å². The van der Waals surface area contributed by atoms with Gasteiger partial charge in [-0.3, -0.25) is 9.36 Å². The normalized spacial score (nSPS) is 11.5. The molecule has 6 heteroatoms. The molecule has 0 aromatic heterocycles. The predicted molar refractivity (Wildman–Crippen MR) is 77.2 cm³/mol. The molecule has 0 radical (unpaired) electrons.